The van der Waals surface area contributed by atoms with E-state index in [1.807, 2.05) is 0 Å². The predicted octanol–water partition coefficient (Wildman–Crippen LogP) is -1.14. The van der Waals surface area contributed by atoms with Crippen LogP contribution in [0.1, 0.15) is 13.3 Å². The van der Waals surface area contributed by atoms with Crippen molar-refractivity contribution in [3.05, 3.63) is 0 Å². The first-order valence-corrected chi connectivity index (χ1v) is 5.92. The minimum Gasteiger partial charge on any atom is -0.481 e. The van der Waals surface area contributed by atoms with Crippen LogP contribution in [0.15, 0.2) is 0 Å². The normalized spacial score (nSPS) is 27.4. The van der Waals surface area contributed by atoms with E-state index in [1.165, 1.54) is 4.90 Å². The maximum Gasteiger partial charge on any atom is 0.320 e. The summed E-state index contributed by atoms with van der Waals surface area (Å²) in [5.41, 5.74) is -0.961. The Balaban J connectivity index is 2.03. The lowest BCUT2D eigenvalue weighted by molar-refractivity contribution is -0.147. The second kappa shape index (κ2) is 4.52. The van der Waals surface area contributed by atoms with Crippen molar-refractivity contribution in [2.75, 3.05) is 26.2 Å². The molecule has 8 heteroatoms. The third-order valence-corrected chi connectivity index (χ3v) is 3.48. The van der Waals surface area contributed by atoms with Crippen molar-refractivity contribution in [1.29, 1.82) is 0 Å². The molecule has 0 aliphatic carbocycles. The molecule has 1 atom stereocenters. The van der Waals surface area contributed by atoms with Crippen molar-refractivity contribution in [2.45, 2.75) is 13.3 Å². The largest absolute Gasteiger partial charge is 0.481 e. The zero-order valence-corrected chi connectivity index (χ0v) is 10.5. The van der Waals surface area contributed by atoms with Gasteiger partial charge in [0, 0.05) is 13.1 Å². The molecule has 0 aromatic heterocycles. The summed E-state index contributed by atoms with van der Waals surface area (Å²) in [5, 5.41) is 11.2. The van der Waals surface area contributed by atoms with Crippen molar-refractivity contribution in [1.82, 2.24) is 15.1 Å². The minimum atomic E-state index is -0.961. The van der Waals surface area contributed by atoms with Gasteiger partial charge in [-0.05, 0) is 13.3 Å². The van der Waals surface area contributed by atoms with E-state index in [0.717, 1.165) is 4.90 Å². The van der Waals surface area contributed by atoms with Crippen molar-refractivity contribution in [2.24, 2.45) is 5.41 Å². The molecule has 0 radical (unpaired) electrons. The van der Waals surface area contributed by atoms with Gasteiger partial charge in [0.2, 0.25) is 11.8 Å². The fourth-order valence-corrected chi connectivity index (χ4v) is 2.27. The standard InChI is InChI=1S/C11H15N3O5/c1-11(9(17)18)2-3-13(6-11)10(19)14-4-7(15)12-8(16)5-14/h2-6H2,1H3,(H,17,18)(H,12,15,16). The van der Waals surface area contributed by atoms with E-state index >= 15 is 0 Å². The summed E-state index contributed by atoms with van der Waals surface area (Å²) in [6, 6.07) is -0.465. The topological polar surface area (TPSA) is 107 Å². The number of imide groups is 1. The maximum absolute atomic E-state index is 12.1. The summed E-state index contributed by atoms with van der Waals surface area (Å²) in [6.45, 7) is 1.63. The van der Waals surface area contributed by atoms with Crippen LogP contribution in [-0.4, -0.2) is 64.9 Å². The monoisotopic (exact) mass is 269 g/mol. The average molecular weight is 269 g/mol. The lowest BCUT2D eigenvalue weighted by Gasteiger charge is -2.30. The highest BCUT2D eigenvalue weighted by atomic mass is 16.4. The molecule has 0 saturated carbocycles. The summed E-state index contributed by atoms with van der Waals surface area (Å²) >= 11 is 0. The summed E-state index contributed by atoms with van der Waals surface area (Å²) in [7, 11) is 0. The Morgan fingerprint density at radius 1 is 1.21 bits per heavy atom. The number of piperazine rings is 1. The van der Waals surface area contributed by atoms with Crippen LogP contribution in [0, 0.1) is 5.41 Å². The van der Waals surface area contributed by atoms with Gasteiger partial charge in [0.15, 0.2) is 0 Å². The number of amides is 4. The van der Waals surface area contributed by atoms with E-state index < -0.39 is 29.2 Å². The molecule has 2 saturated heterocycles. The van der Waals surface area contributed by atoms with Crippen LogP contribution in [0.2, 0.25) is 0 Å². The Kier molecular flexibility index (Phi) is 3.17. The second-order valence-electron chi connectivity index (χ2n) is 5.15. The van der Waals surface area contributed by atoms with Crippen LogP contribution in [0.25, 0.3) is 0 Å². The first-order valence-electron chi connectivity index (χ1n) is 5.92. The minimum absolute atomic E-state index is 0.0908. The number of nitrogens with one attached hydrogen (secondary N) is 1. The highest BCUT2D eigenvalue weighted by Gasteiger charge is 2.43. The highest BCUT2D eigenvalue weighted by Crippen LogP contribution is 2.30. The lowest BCUT2D eigenvalue weighted by atomic mass is 9.90. The fourth-order valence-electron chi connectivity index (χ4n) is 2.27. The van der Waals surface area contributed by atoms with Gasteiger partial charge in [-0.25, -0.2) is 4.79 Å². The highest BCUT2D eigenvalue weighted by molar-refractivity contribution is 6.02. The maximum atomic E-state index is 12.1. The zero-order valence-electron chi connectivity index (χ0n) is 10.5. The summed E-state index contributed by atoms with van der Waals surface area (Å²) in [4.78, 5) is 48.1. The fraction of sp³-hybridized carbons (Fsp3) is 0.636. The van der Waals surface area contributed by atoms with Gasteiger partial charge in [-0.2, -0.15) is 0 Å². The molecular weight excluding hydrogens is 254 g/mol. The number of hydrogen-bond donors (Lipinski definition) is 2. The number of carbonyl (C=O) groups is 4. The van der Waals surface area contributed by atoms with E-state index in [-0.39, 0.29) is 19.6 Å². The van der Waals surface area contributed by atoms with Crippen molar-refractivity contribution in [3.63, 3.8) is 0 Å². The van der Waals surface area contributed by atoms with Crippen LogP contribution >= 0.6 is 0 Å². The number of carboxylic acid groups (broad SMARTS) is 1. The molecule has 19 heavy (non-hydrogen) atoms. The average Bonchev–Trinajstić information content (AvgIpc) is 2.71. The van der Waals surface area contributed by atoms with E-state index in [9.17, 15) is 19.2 Å². The smallest absolute Gasteiger partial charge is 0.320 e. The van der Waals surface area contributed by atoms with Gasteiger partial charge >= 0.3 is 12.0 Å². The van der Waals surface area contributed by atoms with Gasteiger partial charge in [0.25, 0.3) is 0 Å². The Morgan fingerprint density at radius 2 is 1.79 bits per heavy atom. The molecule has 2 fully saturated rings. The first kappa shape index (κ1) is 13.3. The number of carbonyl (C=O) groups excluding carboxylic acids is 3. The summed E-state index contributed by atoms with van der Waals surface area (Å²) in [5.74, 6) is -2.00. The molecule has 0 aromatic carbocycles. The molecule has 4 amide bonds. The van der Waals surface area contributed by atoms with Gasteiger partial charge in [-0.1, -0.05) is 0 Å². The number of rotatable bonds is 1. The molecule has 2 aliphatic heterocycles. The second-order valence-corrected chi connectivity index (χ2v) is 5.15. The Bertz CT molecular complexity index is 447. The number of urea groups is 1. The molecule has 8 nitrogen and oxygen atoms in total. The van der Waals surface area contributed by atoms with Crippen molar-refractivity contribution >= 4 is 23.8 Å². The number of likely N-dealkylation sites (tertiary alicyclic amines) is 1. The lowest BCUT2D eigenvalue weighted by Crippen LogP contribution is -2.56. The van der Waals surface area contributed by atoms with E-state index in [0.29, 0.717) is 13.0 Å². The third-order valence-electron chi connectivity index (χ3n) is 3.48. The van der Waals surface area contributed by atoms with Crippen LogP contribution in [-0.2, 0) is 14.4 Å². The summed E-state index contributed by atoms with van der Waals surface area (Å²) < 4.78 is 0. The SMILES string of the molecule is CC1(C(=O)O)CCN(C(=O)N2CC(=O)NC(=O)C2)C1. The molecule has 2 heterocycles. The van der Waals surface area contributed by atoms with Crippen LogP contribution in [0.3, 0.4) is 0 Å². The Labute approximate surface area is 109 Å². The number of aliphatic carboxylic acids is 1. The van der Waals surface area contributed by atoms with Crippen LogP contribution in [0.4, 0.5) is 4.79 Å². The molecule has 0 bridgehead atoms. The molecule has 104 valence electrons. The third kappa shape index (κ3) is 2.51. The van der Waals surface area contributed by atoms with Gasteiger partial charge in [-0.3, -0.25) is 19.7 Å². The molecular formula is C11H15N3O5. The van der Waals surface area contributed by atoms with E-state index in [1.54, 1.807) is 6.92 Å². The zero-order chi connectivity index (χ0) is 14.2. The molecule has 2 aliphatic rings. The van der Waals surface area contributed by atoms with Gasteiger partial charge in [0.05, 0.1) is 5.41 Å². The van der Waals surface area contributed by atoms with Crippen molar-refractivity contribution < 1.29 is 24.3 Å². The van der Waals surface area contributed by atoms with Crippen molar-refractivity contribution in [3.8, 4) is 0 Å². The molecule has 0 aromatic rings. The van der Waals surface area contributed by atoms with Gasteiger partial charge < -0.3 is 14.9 Å². The number of carboxylic acids is 1. The van der Waals surface area contributed by atoms with Crippen LogP contribution < -0.4 is 5.32 Å². The predicted molar refractivity (Wildman–Crippen MR) is 62.1 cm³/mol. The first-order chi connectivity index (χ1) is 8.82. The Morgan fingerprint density at radius 3 is 2.26 bits per heavy atom. The van der Waals surface area contributed by atoms with Gasteiger partial charge in [0.1, 0.15) is 13.1 Å². The van der Waals surface area contributed by atoms with Crippen LogP contribution in [0.5, 0.6) is 0 Å². The molecule has 2 N–H and O–H groups in total. The van der Waals surface area contributed by atoms with Gasteiger partial charge in [-0.15, -0.1) is 0 Å². The van der Waals surface area contributed by atoms with E-state index in [2.05, 4.69) is 5.32 Å². The quantitative estimate of drug-likeness (QED) is 0.585. The molecule has 2 rings (SSSR count). The molecule has 0 spiro atoms. The van der Waals surface area contributed by atoms with E-state index in [4.69, 9.17) is 5.11 Å². The summed E-state index contributed by atoms with van der Waals surface area (Å²) in [6.07, 6.45) is 0.363. The Hall–Kier alpha value is -2.12. The number of nitrogens with zero attached hydrogens (tertiary/aromatic N) is 2. The number of hydrogen-bond acceptors (Lipinski definition) is 4. The molecule has 1 unspecified atom stereocenters.